The second-order valence-corrected chi connectivity index (χ2v) is 9.06. The summed E-state index contributed by atoms with van der Waals surface area (Å²) >= 11 is 0. The Morgan fingerprint density at radius 1 is 1.13 bits per heavy atom. The van der Waals surface area contributed by atoms with Crippen LogP contribution >= 0.6 is 12.4 Å². The molecule has 156 valence electrons. The lowest BCUT2D eigenvalue weighted by atomic mass is 9.49. The van der Waals surface area contributed by atoms with Crippen LogP contribution in [-0.2, 0) is 24.7 Å². The number of aromatic hydroxyl groups is 1. The zero-order valence-corrected chi connectivity index (χ0v) is 17.5. The molecule has 0 spiro atoms. The molecule has 3 aliphatic rings. The van der Waals surface area contributed by atoms with Crippen molar-refractivity contribution in [3.8, 4) is 5.75 Å². The lowest BCUT2D eigenvalue weighted by molar-refractivity contribution is -0.145. The highest BCUT2D eigenvalue weighted by Crippen LogP contribution is 2.57. The monoisotopic (exact) mass is 426 g/mol. The number of phenols is 1. The Kier molecular flexibility index (Phi) is 4.21. The van der Waals surface area contributed by atoms with Crippen molar-refractivity contribution in [1.82, 2.24) is 9.88 Å². The van der Waals surface area contributed by atoms with E-state index in [0.29, 0.717) is 18.4 Å². The van der Waals surface area contributed by atoms with E-state index in [-0.39, 0.29) is 30.0 Å². The van der Waals surface area contributed by atoms with Crippen LogP contribution in [0.3, 0.4) is 0 Å². The molecule has 30 heavy (non-hydrogen) atoms. The zero-order valence-electron chi connectivity index (χ0n) is 16.7. The van der Waals surface area contributed by atoms with Gasteiger partial charge in [0.05, 0.1) is 5.60 Å². The SMILES string of the molecule is CN1CC[C@]23Cc4nc5c(F)cccc5cc4C[C@@]2(O)[C@H]1Cc1ccc(O)cc13.Cl. The standard InChI is InChI=1S/C24H23FN2O2.ClH/c1-27-8-7-23-13-20-16(9-15-3-2-4-19(25)22(15)26-20)12-24(23,29)21(27)10-14-5-6-17(28)11-18(14)23;/h2-6,9,11,21,28-29H,7-8,10,12-13H2,1H3;1H/t21-,23-,24-;/m1./s1. The number of nitrogens with zero attached hydrogens (tertiary/aromatic N) is 2. The van der Waals surface area contributed by atoms with Gasteiger partial charge in [-0.15, -0.1) is 12.4 Å². The van der Waals surface area contributed by atoms with Gasteiger partial charge in [-0.3, -0.25) is 0 Å². The molecule has 6 rings (SSSR count). The minimum absolute atomic E-state index is 0. The number of aromatic nitrogens is 1. The summed E-state index contributed by atoms with van der Waals surface area (Å²) in [5.74, 6) is -0.0901. The third kappa shape index (κ3) is 2.37. The van der Waals surface area contributed by atoms with Gasteiger partial charge >= 0.3 is 0 Å². The summed E-state index contributed by atoms with van der Waals surface area (Å²) in [6, 6.07) is 12.6. The molecule has 3 atom stereocenters. The minimum Gasteiger partial charge on any atom is -0.508 e. The number of aliphatic hydroxyl groups is 1. The fourth-order valence-electron chi connectivity index (χ4n) is 6.26. The number of hydrogen-bond acceptors (Lipinski definition) is 4. The molecular weight excluding hydrogens is 403 g/mol. The number of likely N-dealkylation sites (N-methyl/N-ethyl adjacent to an activating group) is 1. The number of benzene rings is 2. The summed E-state index contributed by atoms with van der Waals surface area (Å²) in [5, 5.41) is 23.2. The fraction of sp³-hybridized carbons (Fsp3) is 0.375. The minimum atomic E-state index is -0.948. The Balaban J connectivity index is 0.00000193. The van der Waals surface area contributed by atoms with E-state index in [4.69, 9.17) is 4.98 Å². The maximum atomic E-state index is 14.4. The van der Waals surface area contributed by atoms with E-state index < -0.39 is 11.0 Å². The van der Waals surface area contributed by atoms with Crippen LogP contribution in [0.25, 0.3) is 10.9 Å². The van der Waals surface area contributed by atoms with Gasteiger partial charge in [0.15, 0.2) is 0 Å². The van der Waals surface area contributed by atoms with Gasteiger partial charge < -0.3 is 15.1 Å². The van der Waals surface area contributed by atoms with Gasteiger partial charge in [-0.2, -0.15) is 0 Å². The van der Waals surface area contributed by atoms with Crippen molar-refractivity contribution in [2.75, 3.05) is 13.6 Å². The molecule has 3 aromatic rings. The predicted molar refractivity (Wildman–Crippen MR) is 116 cm³/mol. The van der Waals surface area contributed by atoms with Gasteiger partial charge in [0, 0.05) is 35.4 Å². The van der Waals surface area contributed by atoms with Gasteiger partial charge in [-0.1, -0.05) is 18.2 Å². The van der Waals surface area contributed by atoms with Crippen LogP contribution in [0.15, 0.2) is 42.5 Å². The van der Waals surface area contributed by atoms with Gasteiger partial charge in [-0.25, -0.2) is 9.37 Å². The Morgan fingerprint density at radius 2 is 1.97 bits per heavy atom. The molecule has 2 bridgehead atoms. The quantitative estimate of drug-likeness (QED) is 0.577. The second-order valence-electron chi connectivity index (χ2n) is 9.06. The Labute approximate surface area is 180 Å². The average molecular weight is 427 g/mol. The summed E-state index contributed by atoms with van der Waals surface area (Å²) in [6.07, 6.45) is 2.59. The van der Waals surface area contributed by atoms with Crippen LogP contribution in [0.4, 0.5) is 4.39 Å². The van der Waals surface area contributed by atoms with E-state index >= 15 is 0 Å². The summed E-state index contributed by atoms with van der Waals surface area (Å²) in [5.41, 5.74) is 3.01. The Hall–Kier alpha value is -2.21. The van der Waals surface area contributed by atoms with E-state index in [9.17, 15) is 14.6 Å². The summed E-state index contributed by atoms with van der Waals surface area (Å²) in [4.78, 5) is 7.00. The molecule has 4 nitrogen and oxygen atoms in total. The fourth-order valence-corrected chi connectivity index (χ4v) is 6.26. The lowest BCUT2D eigenvalue weighted by Gasteiger charge is -2.63. The van der Waals surface area contributed by atoms with Gasteiger partial charge in [-0.05, 0) is 67.4 Å². The number of rotatable bonds is 0. The highest BCUT2D eigenvalue weighted by atomic mass is 35.5. The van der Waals surface area contributed by atoms with Crippen molar-refractivity contribution in [3.05, 3.63) is 70.7 Å². The van der Waals surface area contributed by atoms with E-state index in [1.54, 1.807) is 12.1 Å². The number of hydrogen-bond donors (Lipinski definition) is 2. The molecule has 2 N–H and O–H groups in total. The molecule has 0 unspecified atom stereocenters. The van der Waals surface area contributed by atoms with Gasteiger partial charge in [0.2, 0.25) is 0 Å². The molecule has 0 saturated carbocycles. The molecular formula is C24H24ClFN2O2. The number of fused-ring (bicyclic) bond motifs is 3. The topological polar surface area (TPSA) is 56.6 Å². The third-order valence-corrected chi connectivity index (χ3v) is 7.72. The van der Waals surface area contributed by atoms with Crippen molar-refractivity contribution >= 4 is 23.3 Å². The molecule has 0 amide bonds. The number of halogens is 2. The summed E-state index contributed by atoms with van der Waals surface area (Å²) in [6.45, 7) is 0.874. The lowest BCUT2D eigenvalue weighted by Crippen LogP contribution is -2.73. The molecule has 2 aromatic carbocycles. The zero-order chi connectivity index (χ0) is 20.0. The van der Waals surface area contributed by atoms with Crippen molar-refractivity contribution < 1.29 is 14.6 Å². The molecule has 2 aliphatic carbocycles. The van der Waals surface area contributed by atoms with E-state index in [1.165, 1.54) is 11.6 Å². The van der Waals surface area contributed by atoms with Crippen molar-refractivity contribution in [3.63, 3.8) is 0 Å². The normalized spacial score (nSPS) is 29.5. The first-order chi connectivity index (χ1) is 13.9. The molecule has 2 heterocycles. The van der Waals surface area contributed by atoms with Crippen molar-refractivity contribution in [2.45, 2.75) is 42.7 Å². The largest absolute Gasteiger partial charge is 0.508 e. The molecule has 0 radical (unpaired) electrons. The summed E-state index contributed by atoms with van der Waals surface area (Å²) < 4.78 is 14.4. The van der Waals surface area contributed by atoms with Gasteiger partial charge in [0.1, 0.15) is 17.1 Å². The molecule has 1 aromatic heterocycles. The van der Waals surface area contributed by atoms with Crippen molar-refractivity contribution in [2.24, 2.45) is 0 Å². The molecule has 1 saturated heterocycles. The number of piperidine rings is 1. The third-order valence-electron chi connectivity index (χ3n) is 7.72. The van der Waals surface area contributed by atoms with Crippen LogP contribution in [-0.4, -0.2) is 45.3 Å². The summed E-state index contributed by atoms with van der Waals surface area (Å²) in [7, 11) is 2.08. The second kappa shape index (κ2) is 6.39. The maximum absolute atomic E-state index is 14.4. The van der Waals surface area contributed by atoms with Crippen LogP contribution in [0.2, 0.25) is 0 Å². The average Bonchev–Trinajstić information content (AvgIpc) is 2.69. The number of pyridine rings is 1. The molecule has 6 heteroatoms. The smallest absolute Gasteiger partial charge is 0.149 e. The van der Waals surface area contributed by atoms with Crippen LogP contribution in [0.1, 0.15) is 28.8 Å². The van der Waals surface area contributed by atoms with Gasteiger partial charge in [0.25, 0.3) is 0 Å². The van der Waals surface area contributed by atoms with Crippen LogP contribution < -0.4 is 0 Å². The highest BCUT2D eigenvalue weighted by Gasteiger charge is 2.64. The van der Waals surface area contributed by atoms with Crippen LogP contribution in [0.5, 0.6) is 5.75 Å². The number of para-hydroxylation sites is 1. The number of phenolic OH excluding ortho intramolecular Hbond substituents is 1. The Bertz CT molecular complexity index is 1190. The Morgan fingerprint density at radius 3 is 2.80 bits per heavy atom. The maximum Gasteiger partial charge on any atom is 0.149 e. The first kappa shape index (κ1) is 19.7. The van der Waals surface area contributed by atoms with E-state index in [0.717, 1.165) is 41.6 Å². The highest BCUT2D eigenvalue weighted by molar-refractivity contribution is 5.85. The first-order valence-electron chi connectivity index (χ1n) is 10.2. The molecule has 1 fully saturated rings. The number of likely N-dealkylation sites (tertiary alicyclic amines) is 1. The van der Waals surface area contributed by atoms with E-state index in [2.05, 4.69) is 11.9 Å². The van der Waals surface area contributed by atoms with Crippen LogP contribution in [0, 0.1) is 5.82 Å². The predicted octanol–water partition coefficient (Wildman–Crippen LogP) is 3.53. The van der Waals surface area contributed by atoms with E-state index in [1.807, 2.05) is 24.3 Å². The molecule has 1 aliphatic heterocycles. The first-order valence-corrected chi connectivity index (χ1v) is 10.2. The van der Waals surface area contributed by atoms with Crippen molar-refractivity contribution in [1.29, 1.82) is 0 Å².